The molecule has 1 aromatic heterocycles. The smallest absolute Gasteiger partial charge is 0.153 e. The molecule has 2 unspecified atom stereocenters. The summed E-state index contributed by atoms with van der Waals surface area (Å²) in [6, 6.07) is -0.0278. The second kappa shape index (κ2) is 4.55. The van der Waals surface area contributed by atoms with Gasteiger partial charge in [-0.15, -0.1) is 0 Å². The number of aromatic nitrogens is 3. The maximum Gasteiger partial charge on any atom is 0.153 e. The molecule has 0 aliphatic rings. The Kier molecular flexibility index (Phi) is 3.63. The highest BCUT2D eigenvalue weighted by atomic mass is 15.2. The average molecular weight is 196 g/mol. The highest BCUT2D eigenvalue weighted by Crippen LogP contribution is 2.19. The Morgan fingerprint density at radius 3 is 2.43 bits per heavy atom. The zero-order chi connectivity index (χ0) is 10.7. The fraction of sp³-hybridized carbons (Fsp3) is 0.800. The molecule has 1 heterocycles. The summed E-state index contributed by atoms with van der Waals surface area (Å²) < 4.78 is 0. The van der Waals surface area contributed by atoms with Gasteiger partial charge in [-0.05, 0) is 5.92 Å². The molecular formula is C10H20N4. The van der Waals surface area contributed by atoms with Crippen molar-refractivity contribution in [2.45, 2.75) is 46.1 Å². The van der Waals surface area contributed by atoms with E-state index < -0.39 is 0 Å². The normalized spacial score (nSPS) is 15.9. The third kappa shape index (κ3) is 2.32. The van der Waals surface area contributed by atoms with Crippen LogP contribution in [0.3, 0.4) is 0 Å². The van der Waals surface area contributed by atoms with Crippen LogP contribution in [0.25, 0.3) is 0 Å². The number of H-pyrrole nitrogens is 1. The van der Waals surface area contributed by atoms with Crippen molar-refractivity contribution in [1.82, 2.24) is 15.2 Å². The predicted octanol–water partition coefficient (Wildman–Crippen LogP) is 1.97. The molecule has 1 rings (SSSR count). The fourth-order valence-electron chi connectivity index (χ4n) is 1.22. The monoisotopic (exact) mass is 196 g/mol. The highest BCUT2D eigenvalue weighted by molar-refractivity contribution is 4.99. The van der Waals surface area contributed by atoms with Crippen molar-refractivity contribution < 1.29 is 0 Å². The molecule has 4 nitrogen and oxygen atoms in total. The maximum absolute atomic E-state index is 6.03. The van der Waals surface area contributed by atoms with Crippen LogP contribution in [0.5, 0.6) is 0 Å². The van der Waals surface area contributed by atoms with E-state index >= 15 is 0 Å². The van der Waals surface area contributed by atoms with Gasteiger partial charge in [0.15, 0.2) is 5.82 Å². The molecular weight excluding hydrogens is 176 g/mol. The first-order valence-corrected chi connectivity index (χ1v) is 5.24. The SMILES string of the molecule is CCC(C)C(N)c1nc(C(C)C)n[nH]1. The molecule has 3 N–H and O–H groups in total. The molecule has 0 fully saturated rings. The van der Waals surface area contributed by atoms with Crippen LogP contribution in [-0.2, 0) is 0 Å². The van der Waals surface area contributed by atoms with E-state index in [2.05, 4.69) is 42.9 Å². The van der Waals surface area contributed by atoms with Gasteiger partial charge in [-0.3, -0.25) is 5.10 Å². The minimum Gasteiger partial charge on any atom is -0.321 e. The number of rotatable bonds is 4. The van der Waals surface area contributed by atoms with Gasteiger partial charge in [0.05, 0.1) is 6.04 Å². The number of nitrogens with two attached hydrogens (primary N) is 1. The lowest BCUT2D eigenvalue weighted by atomic mass is 10.00. The topological polar surface area (TPSA) is 67.6 Å². The van der Waals surface area contributed by atoms with Crippen LogP contribution in [0.1, 0.15) is 57.7 Å². The summed E-state index contributed by atoms with van der Waals surface area (Å²) in [5.41, 5.74) is 6.03. The molecule has 2 atom stereocenters. The van der Waals surface area contributed by atoms with Gasteiger partial charge < -0.3 is 5.73 Å². The van der Waals surface area contributed by atoms with Crippen LogP contribution in [0.4, 0.5) is 0 Å². The Morgan fingerprint density at radius 2 is 2.00 bits per heavy atom. The molecule has 1 aromatic rings. The molecule has 0 saturated heterocycles. The summed E-state index contributed by atoms with van der Waals surface area (Å²) in [7, 11) is 0. The maximum atomic E-state index is 6.03. The van der Waals surface area contributed by atoms with Crippen LogP contribution >= 0.6 is 0 Å². The molecule has 14 heavy (non-hydrogen) atoms. The lowest BCUT2D eigenvalue weighted by molar-refractivity contribution is 0.439. The summed E-state index contributed by atoms with van der Waals surface area (Å²) in [6.07, 6.45) is 1.05. The second-order valence-corrected chi connectivity index (χ2v) is 4.14. The molecule has 0 aromatic carbocycles. The fourth-order valence-corrected chi connectivity index (χ4v) is 1.22. The van der Waals surface area contributed by atoms with Gasteiger partial charge in [0, 0.05) is 5.92 Å². The number of nitrogens with zero attached hydrogens (tertiary/aromatic N) is 2. The van der Waals surface area contributed by atoms with Crippen LogP contribution in [-0.4, -0.2) is 15.2 Å². The van der Waals surface area contributed by atoms with Crippen molar-refractivity contribution in [1.29, 1.82) is 0 Å². The van der Waals surface area contributed by atoms with Crippen molar-refractivity contribution >= 4 is 0 Å². The van der Waals surface area contributed by atoms with E-state index in [1.807, 2.05) is 0 Å². The molecule has 0 amide bonds. The largest absolute Gasteiger partial charge is 0.321 e. The van der Waals surface area contributed by atoms with Gasteiger partial charge in [-0.1, -0.05) is 34.1 Å². The molecule has 0 bridgehead atoms. The summed E-state index contributed by atoms with van der Waals surface area (Å²) in [5, 5.41) is 7.05. The molecule has 0 spiro atoms. The van der Waals surface area contributed by atoms with Crippen molar-refractivity contribution in [2.24, 2.45) is 11.7 Å². The number of aromatic amines is 1. The van der Waals surface area contributed by atoms with Crippen LogP contribution < -0.4 is 5.73 Å². The summed E-state index contributed by atoms with van der Waals surface area (Å²) in [4.78, 5) is 4.39. The Balaban J connectivity index is 2.76. The summed E-state index contributed by atoms with van der Waals surface area (Å²) in [5.74, 6) is 2.44. The quantitative estimate of drug-likeness (QED) is 0.773. The predicted molar refractivity (Wildman–Crippen MR) is 56.9 cm³/mol. The molecule has 0 radical (unpaired) electrons. The second-order valence-electron chi connectivity index (χ2n) is 4.14. The van der Waals surface area contributed by atoms with Crippen molar-refractivity contribution in [3.05, 3.63) is 11.6 Å². The number of hydrogen-bond acceptors (Lipinski definition) is 3. The van der Waals surface area contributed by atoms with Crippen molar-refractivity contribution in [3.63, 3.8) is 0 Å². The third-order valence-electron chi connectivity index (χ3n) is 2.61. The lowest BCUT2D eigenvalue weighted by Gasteiger charge is -2.14. The molecule has 0 saturated carbocycles. The minimum absolute atomic E-state index is 0.0278. The molecule has 0 aliphatic carbocycles. The van der Waals surface area contributed by atoms with Gasteiger partial charge in [0.2, 0.25) is 0 Å². The zero-order valence-corrected chi connectivity index (χ0v) is 9.41. The van der Waals surface area contributed by atoms with E-state index in [1.54, 1.807) is 0 Å². The Labute approximate surface area is 85.3 Å². The summed E-state index contributed by atoms with van der Waals surface area (Å²) >= 11 is 0. The van der Waals surface area contributed by atoms with E-state index in [4.69, 9.17) is 5.73 Å². The van der Waals surface area contributed by atoms with Gasteiger partial charge >= 0.3 is 0 Å². The van der Waals surface area contributed by atoms with Gasteiger partial charge in [-0.25, -0.2) is 4.98 Å². The van der Waals surface area contributed by atoms with Crippen molar-refractivity contribution in [2.75, 3.05) is 0 Å². The third-order valence-corrected chi connectivity index (χ3v) is 2.61. The van der Waals surface area contributed by atoms with E-state index in [0.717, 1.165) is 18.1 Å². The summed E-state index contributed by atoms with van der Waals surface area (Å²) in [6.45, 7) is 8.40. The van der Waals surface area contributed by atoms with Gasteiger partial charge in [-0.2, -0.15) is 5.10 Å². The number of nitrogens with one attached hydrogen (secondary N) is 1. The van der Waals surface area contributed by atoms with E-state index in [9.17, 15) is 0 Å². The van der Waals surface area contributed by atoms with E-state index in [1.165, 1.54) is 0 Å². The average Bonchev–Trinajstić information content (AvgIpc) is 2.64. The van der Waals surface area contributed by atoms with Gasteiger partial charge in [0.25, 0.3) is 0 Å². The minimum atomic E-state index is -0.0278. The van der Waals surface area contributed by atoms with Crippen molar-refractivity contribution in [3.8, 4) is 0 Å². The van der Waals surface area contributed by atoms with E-state index in [-0.39, 0.29) is 6.04 Å². The molecule has 80 valence electrons. The first-order valence-electron chi connectivity index (χ1n) is 5.24. The number of hydrogen-bond donors (Lipinski definition) is 2. The Hall–Kier alpha value is -0.900. The Bertz CT molecular complexity index is 279. The zero-order valence-electron chi connectivity index (χ0n) is 9.41. The van der Waals surface area contributed by atoms with Gasteiger partial charge in [0.1, 0.15) is 5.82 Å². The van der Waals surface area contributed by atoms with Crippen LogP contribution in [0, 0.1) is 5.92 Å². The molecule has 0 aliphatic heterocycles. The lowest BCUT2D eigenvalue weighted by Crippen LogP contribution is -2.20. The first-order chi connectivity index (χ1) is 6.56. The Morgan fingerprint density at radius 1 is 1.36 bits per heavy atom. The standard InChI is InChI=1S/C10H20N4/c1-5-7(4)8(11)10-12-9(6(2)3)13-14-10/h6-8H,5,11H2,1-4H3,(H,12,13,14). The molecule has 4 heteroatoms. The van der Waals surface area contributed by atoms with E-state index in [0.29, 0.717) is 11.8 Å². The highest BCUT2D eigenvalue weighted by Gasteiger charge is 2.17. The van der Waals surface area contributed by atoms with Crippen LogP contribution in [0.15, 0.2) is 0 Å². The first kappa shape index (κ1) is 11.2. The van der Waals surface area contributed by atoms with Crippen LogP contribution in [0.2, 0.25) is 0 Å².